The smallest absolute Gasteiger partial charge is 0.240 e. The number of nitrogens with two attached hydrogens (primary N) is 1. The first-order valence-electron chi connectivity index (χ1n) is 8.77. The van der Waals surface area contributed by atoms with Gasteiger partial charge in [-0.1, -0.05) is 27.7 Å². The number of carbonyl (C=O) groups is 1. The van der Waals surface area contributed by atoms with E-state index in [2.05, 4.69) is 19.2 Å². The standard InChI is InChI=1S/C18H32N2O/c1-5-18(19,6-2)14(21)20-17-9-13-7-15(3,11-17)10-16(4,8-13)12-17/h13H,5-12,19H2,1-4H3,(H,20,21). The van der Waals surface area contributed by atoms with E-state index in [9.17, 15) is 4.79 Å². The Morgan fingerprint density at radius 1 is 1.10 bits per heavy atom. The summed E-state index contributed by atoms with van der Waals surface area (Å²) in [4.78, 5) is 12.8. The van der Waals surface area contributed by atoms with Crippen LogP contribution < -0.4 is 11.1 Å². The lowest BCUT2D eigenvalue weighted by Gasteiger charge is -2.65. The summed E-state index contributed by atoms with van der Waals surface area (Å²) in [6.07, 6.45) is 8.96. The molecule has 3 heteroatoms. The number of hydrogen-bond acceptors (Lipinski definition) is 2. The van der Waals surface area contributed by atoms with Crippen molar-refractivity contribution < 1.29 is 4.79 Å². The van der Waals surface area contributed by atoms with E-state index >= 15 is 0 Å². The van der Waals surface area contributed by atoms with Gasteiger partial charge < -0.3 is 11.1 Å². The highest BCUT2D eigenvalue weighted by Crippen LogP contribution is 2.66. The fourth-order valence-corrected chi connectivity index (χ4v) is 6.52. The van der Waals surface area contributed by atoms with Gasteiger partial charge in [0.2, 0.25) is 5.91 Å². The number of hydrogen-bond donors (Lipinski definition) is 2. The molecule has 0 saturated heterocycles. The molecule has 3 nitrogen and oxygen atoms in total. The molecule has 21 heavy (non-hydrogen) atoms. The van der Waals surface area contributed by atoms with Gasteiger partial charge >= 0.3 is 0 Å². The van der Waals surface area contributed by atoms with Crippen LogP contribution in [0.4, 0.5) is 0 Å². The molecule has 0 aliphatic heterocycles. The number of carbonyl (C=O) groups excluding carboxylic acids is 1. The predicted octanol–water partition coefficient (Wildman–Crippen LogP) is 3.37. The SMILES string of the molecule is CCC(N)(CC)C(=O)NC12CC3CC(C)(CC(C)(C3)C1)C2. The van der Waals surface area contributed by atoms with E-state index in [0.29, 0.717) is 23.7 Å². The molecule has 0 radical (unpaired) electrons. The highest BCUT2D eigenvalue weighted by atomic mass is 16.2. The maximum Gasteiger partial charge on any atom is 0.240 e. The van der Waals surface area contributed by atoms with E-state index in [4.69, 9.17) is 5.73 Å². The zero-order valence-electron chi connectivity index (χ0n) is 14.2. The maximum absolute atomic E-state index is 12.8. The Morgan fingerprint density at radius 3 is 2.05 bits per heavy atom. The molecule has 0 aromatic heterocycles. The van der Waals surface area contributed by atoms with Crippen LogP contribution in [0.15, 0.2) is 0 Å². The van der Waals surface area contributed by atoms with Crippen LogP contribution in [0.5, 0.6) is 0 Å². The third-order valence-electron chi connectivity index (χ3n) is 6.72. The van der Waals surface area contributed by atoms with Crippen molar-refractivity contribution in [1.82, 2.24) is 5.32 Å². The molecule has 4 rings (SSSR count). The molecule has 4 bridgehead atoms. The van der Waals surface area contributed by atoms with E-state index in [-0.39, 0.29) is 11.4 Å². The molecule has 2 unspecified atom stereocenters. The van der Waals surface area contributed by atoms with Crippen LogP contribution in [0.1, 0.15) is 79.1 Å². The second-order valence-electron chi connectivity index (χ2n) is 9.23. The minimum absolute atomic E-state index is 0.0228. The van der Waals surface area contributed by atoms with Crippen LogP contribution >= 0.6 is 0 Å². The first-order chi connectivity index (χ1) is 9.66. The molecule has 0 spiro atoms. The molecule has 4 aliphatic rings. The second kappa shape index (κ2) is 4.47. The Labute approximate surface area is 129 Å². The molecule has 3 N–H and O–H groups in total. The number of rotatable bonds is 4. The fourth-order valence-electron chi connectivity index (χ4n) is 6.52. The zero-order chi connectivity index (χ0) is 15.5. The topological polar surface area (TPSA) is 55.1 Å². The van der Waals surface area contributed by atoms with Crippen molar-refractivity contribution in [2.45, 2.75) is 90.1 Å². The van der Waals surface area contributed by atoms with Crippen LogP contribution in [0, 0.1) is 16.7 Å². The molecule has 2 atom stereocenters. The molecule has 1 amide bonds. The molecular formula is C18H32N2O. The van der Waals surface area contributed by atoms with E-state index < -0.39 is 5.54 Å². The second-order valence-corrected chi connectivity index (χ2v) is 9.23. The Morgan fingerprint density at radius 2 is 1.62 bits per heavy atom. The summed E-state index contributed by atoms with van der Waals surface area (Å²) in [5.74, 6) is 0.883. The van der Waals surface area contributed by atoms with Gasteiger partial charge in [-0.15, -0.1) is 0 Å². The molecule has 120 valence electrons. The van der Waals surface area contributed by atoms with Crippen molar-refractivity contribution in [2.75, 3.05) is 0 Å². The minimum atomic E-state index is -0.689. The quantitative estimate of drug-likeness (QED) is 0.834. The third-order valence-corrected chi connectivity index (χ3v) is 6.72. The highest BCUT2D eigenvalue weighted by molar-refractivity contribution is 5.86. The molecule has 4 fully saturated rings. The van der Waals surface area contributed by atoms with Crippen LogP contribution in [-0.2, 0) is 4.79 Å². The normalized spacial score (nSPS) is 44.9. The van der Waals surface area contributed by atoms with Crippen molar-refractivity contribution in [3.63, 3.8) is 0 Å². The van der Waals surface area contributed by atoms with E-state index in [1.165, 1.54) is 25.7 Å². The summed E-state index contributed by atoms with van der Waals surface area (Å²) in [5.41, 5.74) is 6.51. The largest absolute Gasteiger partial charge is 0.349 e. The summed E-state index contributed by atoms with van der Waals surface area (Å²) < 4.78 is 0. The van der Waals surface area contributed by atoms with E-state index in [0.717, 1.165) is 18.8 Å². The van der Waals surface area contributed by atoms with Gasteiger partial charge in [-0.3, -0.25) is 4.79 Å². The van der Waals surface area contributed by atoms with Crippen molar-refractivity contribution in [3.05, 3.63) is 0 Å². The summed E-state index contributed by atoms with van der Waals surface area (Å²) >= 11 is 0. The van der Waals surface area contributed by atoms with Gasteiger partial charge in [-0.05, 0) is 68.1 Å². The van der Waals surface area contributed by atoms with Gasteiger partial charge in [-0.25, -0.2) is 0 Å². The zero-order valence-corrected chi connectivity index (χ0v) is 14.2. The summed E-state index contributed by atoms with van der Waals surface area (Å²) in [7, 11) is 0. The molecular weight excluding hydrogens is 260 g/mol. The van der Waals surface area contributed by atoms with Crippen LogP contribution in [0.25, 0.3) is 0 Å². The average molecular weight is 292 g/mol. The minimum Gasteiger partial charge on any atom is -0.349 e. The van der Waals surface area contributed by atoms with E-state index in [1.807, 2.05) is 13.8 Å². The van der Waals surface area contributed by atoms with E-state index in [1.54, 1.807) is 0 Å². The number of nitrogens with one attached hydrogen (secondary N) is 1. The van der Waals surface area contributed by atoms with Crippen LogP contribution in [0.2, 0.25) is 0 Å². The predicted molar refractivity (Wildman–Crippen MR) is 85.8 cm³/mol. The Bertz CT molecular complexity index is 436. The summed E-state index contributed by atoms with van der Waals surface area (Å²) in [6, 6.07) is 0. The Kier molecular flexibility index (Phi) is 3.26. The van der Waals surface area contributed by atoms with Crippen LogP contribution in [-0.4, -0.2) is 17.0 Å². The summed E-state index contributed by atoms with van der Waals surface area (Å²) in [6.45, 7) is 8.91. The van der Waals surface area contributed by atoms with Crippen LogP contribution in [0.3, 0.4) is 0 Å². The van der Waals surface area contributed by atoms with Crippen molar-refractivity contribution >= 4 is 5.91 Å². The van der Waals surface area contributed by atoms with Gasteiger partial charge in [0.15, 0.2) is 0 Å². The van der Waals surface area contributed by atoms with Gasteiger partial charge in [0, 0.05) is 5.54 Å². The van der Waals surface area contributed by atoms with Gasteiger partial charge in [0.25, 0.3) is 0 Å². The molecule has 0 heterocycles. The highest BCUT2D eigenvalue weighted by Gasteiger charge is 2.60. The van der Waals surface area contributed by atoms with Crippen molar-refractivity contribution in [2.24, 2.45) is 22.5 Å². The van der Waals surface area contributed by atoms with Crippen molar-refractivity contribution in [1.29, 1.82) is 0 Å². The number of amides is 1. The first-order valence-corrected chi connectivity index (χ1v) is 8.77. The monoisotopic (exact) mass is 292 g/mol. The average Bonchev–Trinajstić information content (AvgIpc) is 2.32. The van der Waals surface area contributed by atoms with Gasteiger partial charge in [0.05, 0.1) is 5.54 Å². The first kappa shape index (κ1) is 15.3. The lowest BCUT2D eigenvalue weighted by molar-refractivity contribution is -0.144. The van der Waals surface area contributed by atoms with Gasteiger partial charge in [0.1, 0.15) is 0 Å². The Balaban J connectivity index is 1.84. The lowest BCUT2D eigenvalue weighted by Crippen LogP contribution is -2.68. The fraction of sp³-hybridized carbons (Fsp3) is 0.944. The molecule has 4 aliphatic carbocycles. The Hall–Kier alpha value is -0.570. The third kappa shape index (κ3) is 2.42. The van der Waals surface area contributed by atoms with Gasteiger partial charge in [-0.2, -0.15) is 0 Å². The lowest BCUT2D eigenvalue weighted by atomic mass is 9.42. The molecule has 4 saturated carbocycles. The maximum atomic E-state index is 12.8. The summed E-state index contributed by atoms with van der Waals surface area (Å²) in [5, 5.41) is 3.45. The molecule has 0 aromatic carbocycles. The van der Waals surface area contributed by atoms with Crippen molar-refractivity contribution in [3.8, 4) is 0 Å². The molecule has 0 aromatic rings.